The molecule has 4 aliphatic carbocycles. The highest BCUT2D eigenvalue weighted by molar-refractivity contribution is 5.92. The van der Waals surface area contributed by atoms with Crippen molar-refractivity contribution in [3.05, 3.63) is 11.1 Å². The van der Waals surface area contributed by atoms with E-state index in [0.29, 0.717) is 23.5 Å². The van der Waals surface area contributed by atoms with Gasteiger partial charge in [-0.3, -0.25) is 4.79 Å². The van der Waals surface area contributed by atoms with E-state index in [-0.39, 0.29) is 27.8 Å². The molecular formula is C30H50O2. The number of aliphatic hydroxyl groups is 1. The summed E-state index contributed by atoms with van der Waals surface area (Å²) >= 11 is 0. The lowest BCUT2D eigenvalue weighted by atomic mass is 9.43. The SMILES string of the molecule is CC(C)CCC[C@@H](C)[C@H]1CC(=O)[C@@]2(C)C3=C(CC[C@]12C)[C@@]1(C)CC[C@H](O)C(C)(C)[C@@H]1CC3. The van der Waals surface area contributed by atoms with E-state index in [9.17, 15) is 9.90 Å². The maximum Gasteiger partial charge on any atom is 0.143 e. The van der Waals surface area contributed by atoms with Crippen molar-refractivity contribution >= 4 is 5.78 Å². The lowest BCUT2D eigenvalue weighted by Gasteiger charge is -2.61. The first-order valence-electron chi connectivity index (χ1n) is 13.7. The summed E-state index contributed by atoms with van der Waals surface area (Å²) < 4.78 is 0. The molecule has 0 aromatic heterocycles. The molecule has 0 bridgehead atoms. The molecule has 0 amide bonds. The zero-order valence-corrected chi connectivity index (χ0v) is 22.3. The monoisotopic (exact) mass is 442 g/mol. The minimum Gasteiger partial charge on any atom is -0.393 e. The normalized spacial score (nSPS) is 44.3. The number of Topliss-reactive ketones (excluding diaryl/α,β-unsaturated/α-hetero) is 1. The highest BCUT2D eigenvalue weighted by atomic mass is 16.3. The first-order chi connectivity index (χ1) is 14.8. The van der Waals surface area contributed by atoms with Crippen molar-refractivity contribution in [2.24, 2.45) is 45.3 Å². The Morgan fingerprint density at radius 3 is 2.28 bits per heavy atom. The molecule has 7 atom stereocenters. The van der Waals surface area contributed by atoms with Gasteiger partial charge in [-0.05, 0) is 85.4 Å². The maximum absolute atomic E-state index is 13.9. The summed E-state index contributed by atoms with van der Waals surface area (Å²) in [6.45, 7) is 19.0. The molecule has 0 aromatic rings. The fourth-order valence-corrected chi connectivity index (χ4v) is 9.39. The molecule has 0 spiro atoms. The lowest BCUT2D eigenvalue weighted by molar-refractivity contribution is -0.129. The molecule has 0 radical (unpaired) electrons. The summed E-state index contributed by atoms with van der Waals surface area (Å²) in [6, 6.07) is 0. The number of carbonyl (C=O) groups excluding carboxylic acids is 1. The number of hydrogen-bond donors (Lipinski definition) is 1. The van der Waals surface area contributed by atoms with Gasteiger partial charge in [0, 0.05) is 6.42 Å². The van der Waals surface area contributed by atoms with Gasteiger partial charge in [0.15, 0.2) is 0 Å². The third-order valence-electron chi connectivity index (χ3n) is 11.7. The Hall–Kier alpha value is -0.630. The van der Waals surface area contributed by atoms with Gasteiger partial charge in [0.25, 0.3) is 0 Å². The molecule has 4 rings (SSSR count). The van der Waals surface area contributed by atoms with Crippen molar-refractivity contribution in [2.45, 2.75) is 126 Å². The van der Waals surface area contributed by atoms with E-state index >= 15 is 0 Å². The Balaban J connectivity index is 1.68. The largest absolute Gasteiger partial charge is 0.393 e. The van der Waals surface area contributed by atoms with Crippen LogP contribution in [-0.2, 0) is 4.79 Å². The van der Waals surface area contributed by atoms with Crippen LogP contribution in [0.3, 0.4) is 0 Å². The van der Waals surface area contributed by atoms with Crippen LogP contribution in [0.15, 0.2) is 11.1 Å². The number of aliphatic hydroxyl groups excluding tert-OH is 1. The first-order valence-corrected chi connectivity index (χ1v) is 13.7. The van der Waals surface area contributed by atoms with Crippen LogP contribution in [0.4, 0.5) is 0 Å². The molecule has 0 aliphatic heterocycles. The van der Waals surface area contributed by atoms with Crippen LogP contribution in [-0.4, -0.2) is 17.0 Å². The summed E-state index contributed by atoms with van der Waals surface area (Å²) in [5.74, 6) is 2.97. The van der Waals surface area contributed by atoms with Crippen LogP contribution in [0.1, 0.15) is 120 Å². The smallest absolute Gasteiger partial charge is 0.143 e. The van der Waals surface area contributed by atoms with Gasteiger partial charge < -0.3 is 5.11 Å². The number of ketones is 1. The third kappa shape index (κ3) is 3.24. The van der Waals surface area contributed by atoms with E-state index in [1.54, 1.807) is 11.1 Å². The molecule has 2 heteroatoms. The molecule has 0 heterocycles. The Morgan fingerprint density at radius 1 is 0.938 bits per heavy atom. The fraction of sp³-hybridized carbons (Fsp3) is 0.900. The summed E-state index contributed by atoms with van der Waals surface area (Å²) in [6.07, 6.45) is 11.0. The van der Waals surface area contributed by atoms with Gasteiger partial charge in [-0.1, -0.05) is 78.9 Å². The Labute approximate surface area is 198 Å². The molecule has 0 unspecified atom stereocenters. The molecule has 4 aliphatic rings. The van der Waals surface area contributed by atoms with Crippen LogP contribution in [0.5, 0.6) is 0 Å². The van der Waals surface area contributed by atoms with Gasteiger partial charge in [-0.25, -0.2) is 0 Å². The average molecular weight is 443 g/mol. The van der Waals surface area contributed by atoms with E-state index in [4.69, 9.17) is 0 Å². The predicted octanol–water partition coefficient (Wildman–Crippen LogP) is 7.74. The number of carbonyl (C=O) groups is 1. The van der Waals surface area contributed by atoms with Crippen molar-refractivity contribution in [1.29, 1.82) is 0 Å². The van der Waals surface area contributed by atoms with E-state index in [1.807, 2.05) is 0 Å². The maximum atomic E-state index is 13.9. The molecule has 0 aromatic carbocycles. The predicted molar refractivity (Wildman–Crippen MR) is 133 cm³/mol. The highest BCUT2D eigenvalue weighted by Gasteiger charge is 2.66. The molecule has 2 nitrogen and oxygen atoms in total. The van der Waals surface area contributed by atoms with Crippen molar-refractivity contribution in [3.8, 4) is 0 Å². The van der Waals surface area contributed by atoms with Gasteiger partial charge in [-0.15, -0.1) is 0 Å². The zero-order chi connectivity index (χ0) is 23.7. The van der Waals surface area contributed by atoms with Crippen molar-refractivity contribution in [2.75, 3.05) is 0 Å². The minimum absolute atomic E-state index is 0.0413. The van der Waals surface area contributed by atoms with Crippen LogP contribution in [0.2, 0.25) is 0 Å². The van der Waals surface area contributed by atoms with E-state index in [2.05, 4.69) is 55.4 Å². The summed E-state index contributed by atoms with van der Waals surface area (Å²) in [5.41, 5.74) is 3.12. The third-order valence-corrected chi connectivity index (χ3v) is 11.7. The fourth-order valence-electron chi connectivity index (χ4n) is 9.39. The Morgan fingerprint density at radius 2 is 1.62 bits per heavy atom. The number of fused-ring (bicyclic) bond motifs is 4. The van der Waals surface area contributed by atoms with Gasteiger partial charge in [0.1, 0.15) is 5.78 Å². The number of allylic oxidation sites excluding steroid dienone is 2. The molecule has 2 fully saturated rings. The number of hydrogen-bond acceptors (Lipinski definition) is 2. The molecule has 0 saturated heterocycles. The second kappa shape index (κ2) is 7.96. The quantitative estimate of drug-likeness (QED) is 0.442. The van der Waals surface area contributed by atoms with Crippen LogP contribution in [0, 0.1) is 45.3 Å². The molecule has 182 valence electrons. The molecule has 2 saturated carbocycles. The minimum atomic E-state index is -0.272. The Bertz CT molecular complexity index is 791. The van der Waals surface area contributed by atoms with Crippen molar-refractivity contribution < 1.29 is 9.90 Å². The second-order valence-electron chi connectivity index (χ2n) is 13.9. The van der Waals surface area contributed by atoms with Gasteiger partial charge in [-0.2, -0.15) is 0 Å². The van der Waals surface area contributed by atoms with E-state index in [0.717, 1.165) is 38.0 Å². The average Bonchev–Trinajstić information content (AvgIpc) is 2.92. The van der Waals surface area contributed by atoms with Crippen LogP contribution in [0.25, 0.3) is 0 Å². The van der Waals surface area contributed by atoms with E-state index in [1.165, 1.54) is 32.1 Å². The highest BCUT2D eigenvalue weighted by Crippen LogP contribution is 2.71. The molecular weight excluding hydrogens is 392 g/mol. The molecule has 32 heavy (non-hydrogen) atoms. The summed E-state index contributed by atoms with van der Waals surface area (Å²) in [7, 11) is 0. The summed E-state index contributed by atoms with van der Waals surface area (Å²) in [4.78, 5) is 13.9. The standard InChI is InChI=1S/C30H50O2/c1-19(2)10-9-11-20(3)23-18-26(32)30(8)22-12-13-24-27(4,5)25(31)15-16-28(24,6)21(22)14-17-29(23,30)7/h19-20,23-25,31H,9-18H2,1-8H3/t20-,23-,24+,25+,28-,29-,30-/m1/s1. The van der Waals surface area contributed by atoms with Gasteiger partial charge in [0.2, 0.25) is 0 Å². The summed E-state index contributed by atoms with van der Waals surface area (Å²) in [5, 5.41) is 10.8. The first kappa shape index (κ1) is 24.5. The number of rotatable bonds is 5. The molecule has 1 N–H and O–H groups in total. The van der Waals surface area contributed by atoms with Crippen LogP contribution < -0.4 is 0 Å². The lowest BCUT2D eigenvalue weighted by Crippen LogP contribution is -2.55. The van der Waals surface area contributed by atoms with Gasteiger partial charge in [0.05, 0.1) is 11.5 Å². The van der Waals surface area contributed by atoms with Crippen molar-refractivity contribution in [3.63, 3.8) is 0 Å². The van der Waals surface area contributed by atoms with E-state index < -0.39 is 0 Å². The topological polar surface area (TPSA) is 37.3 Å². The van der Waals surface area contributed by atoms with Gasteiger partial charge >= 0.3 is 0 Å². The van der Waals surface area contributed by atoms with Crippen molar-refractivity contribution in [1.82, 2.24) is 0 Å². The Kier molecular flexibility index (Phi) is 6.09. The zero-order valence-electron chi connectivity index (χ0n) is 22.3. The van der Waals surface area contributed by atoms with Crippen LogP contribution >= 0.6 is 0 Å². The second-order valence-corrected chi connectivity index (χ2v) is 13.9.